The number of nitrogens with two attached hydrogens (primary N) is 1. The zero-order chi connectivity index (χ0) is 14.4. The number of aromatic nitrogens is 3. The maximum absolute atomic E-state index is 11.2. The average Bonchev–Trinajstić information content (AvgIpc) is 2.96. The zero-order valence-corrected chi connectivity index (χ0v) is 11.8. The van der Waals surface area contributed by atoms with E-state index in [1.807, 2.05) is 35.9 Å². The van der Waals surface area contributed by atoms with E-state index in [1.54, 1.807) is 11.8 Å². The molecular weight excluding hydrogens is 278 g/mol. The number of ether oxygens (including phenoxy) is 1. The normalized spacial score (nSPS) is 10.3. The van der Waals surface area contributed by atoms with Gasteiger partial charge >= 0.3 is 0 Å². The molecule has 0 radical (unpaired) electrons. The minimum Gasteiger partial charge on any atom is -0.490 e. The van der Waals surface area contributed by atoms with Crippen LogP contribution in [0, 0.1) is 0 Å². The molecule has 106 valence electrons. The van der Waals surface area contributed by atoms with Gasteiger partial charge in [-0.3, -0.25) is 10.2 Å². The molecular formula is C12H15N5O2S. The van der Waals surface area contributed by atoms with Crippen molar-refractivity contribution in [2.45, 2.75) is 11.4 Å². The van der Waals surface area contributed by atoms with Gasteiger partial charge in [-0.25, -0.2) is 10.5 Å². The summed E-state index contributed by atoms with van der Waals surface area (Å²) in [5.41, 5.74) is 2.18. The highest BCUT2D eigenvalue weighted by Gasteiger charge is 2.08. The van der Waals surface area contributed by atoms with Crippen LogP contribution in [0.5, 0.6) is 5.75 Å². The monoisotopic (exact) mass is 293 g/mol. The van der Waals surface area contributed by atoms with Gasteiger partial charge in [-0.2, -0.15) is 0 Å². The third-order valence-corrected chi connectivity index (χ3v) is 3.33. The molecule has 1 aromatic heterocycles. The topological polar surface area (TPSA) is 95.1 Å². The Balaban J connectivity index is 1.89. The first kappa shape index (κ1) is 14.4. The van der Waals surface area contributed by atoms with Gasteiger partial charge in [0, 0.05) is 4.90 Å². The van der Waals surface area contributed by atoms with Crippen LogP contribution >= 0.6 is 11.8 Å². The van der Waals surface area contributed by atoms with E-state index < -0.39 is 5.91 Å². The second kappa shape index (κ2) is 6.92. The number of para-hydroxylation sites is 1. The second-order valence-corrected chi connectivity index (χ2v) is 4.69. The summed E-state index contributed by atoms with van der Waals surface area (Å²) < 4.78 is 7.23. The summed E-state index contributed by atoms with van der Waals surface area (Å²) in [6.45, 7) is 0.929. The summed E-state index contributed by atoms with van der Waals surface area (Å²) in [6.07, 6.45) is 3.52. The van der Waals surface area contributed by atoms with E-state index in [1.165, 1.54) is 10.9 Å². The lowest BCUT2D eigenvalue weighted by Crippen LogP contribution is -2.30. The van der Waals surface area contributed by atoms with E-state index in [2.05, 4.69) is 10.3 Å². The van der Waals surface area contributed by atoms with Crippen molar-refractivity contribution in [2.24, 2.45) is 5.84 Å². The van der Waals surface area contributed by atoms with E-state index in [0.717, 1.165) is 10.6 Å². The minimum atomic E-state index is -0.468. The summed E-state index contributed by atoms with van der Waals surface area (Å²) >= 11 is 1.63. The molecule has 0 saturated heterocycles. The van der Waals surface area contributed by atoms with Gasteiger partial charge in [0.15, 0.2) is 5.69 Å². The van der Waals surface area contributed by atoms with Crippen LogP contribution in [-0.4, -0.2) is 33.8 Å². The molecule has 1 aromatic carbocycles. The standard InChI is InChI=1S/C12H15N5O2S/c1-20-11-5-3-2-4-10(11)19-7-6-17-8-9(15-16-17)12(18)14-13/h2-5,8H,6-7,13H2,1H3,(H,14,18). The van der Waals surface area contributed by atoms with Crippen molar-refractivity contribution < 1.29 is 9.53 Å². The number of hydrogen-bond donors (Lipinski definition) is 2. The van der Waals surface area contributed by atoms with Crippen LogP contribution in [0.15, 0.2) is 35.4 Å². The number of amides is 1. The third kappa shape index (κ3) is 3.49. The molecule has 8 heteroatoms. The Morgan fingerprint density at radius 2 is 2.30 bits per heavy atom. The Labute approximate surface area is 120 Å². The Bertz CT molecular complexity index is 587. The van der Waals surface area contributed by atoms with Crippen molar-refractivity contribution in [3.05, 3.63) is 36.2 Å². The molecule has 3 N–H and O–H groups in total. The lowest BCUT2D eigenvalue weighted by Gasteiger charge is -2.09. The van der Waals surface area contributed by atoms with E-state index >= 15 is 0 Å². The van der Waals surface area contributed by atoms with Crippen molar-refractivity contribution in [1.82, 2.24) is 20.4 Å². The van der Waals surface area contributed by atoms with Gasteiger partial charge in [0.2, 0.25) is 0 Å². The van der Waals surface area contributed by atoms with Gasteiger partial charge < -0.3 is 4.74 Å². The molecule has 0 atom stereocenters. The molecule has 0 aliphatic carbocycles. The molecule has 0 saturated carbocycles. The smallest absolute Gasteiger partial charge is 0.287 e. The fourth-order valence-corrected chi connectivity index (χ4v) is 2.12. The van der Waals surface area contributed by atoms with E-state index in [-0.39, 0.29) is 5.69 Å². The van der Waals surface area contributed by atoms with Gasteiger partial charge in [-0.1, -0.05) is 17.3 Å². The molecule has 0 bridgehead atoms. The number of nitrogens with one attached hydrogen (secondary N) is 1. The number of thioether (sulfide) groups is 1. The Kier molecular flexibility index (Phi) is 4.97. The lowest BCUT2D eigenvalue weighted by molar-refractivity contribution is 0.0948. The first-order valence-electron chi connectivity index (χ1n) is 5.91. The largest absolute Gasteiger partial charge is 0.490 e. The highest BCUT2D eigenvalue weighted by atomic mass is 32.2. The van der Waals surface area contributed by atoms with Gasteiger partial charge in [0.1, 0.15) is 12.4 Å². The van der Waals surface area contributed by atoms with Crippen LogP contribution in [0.25, 0.3) is 0 Å². The predicted octanol–water partition coefficient (Wildman–Crippen LogP) is 0.682. The number of nitrogen functional groups attached to an aromatic ring is 1. The first-order valence-corrected chi connectivity index (χ1v) is 7.14. The summed E-state index contributed by atoms with van der Waals surface area (Å²) in [5, 5.41) is 7.53. The number of carbonyl (C=O) groups is 1. The molecule has 0 aliphatic heterocycles. The number of benzene rings is 1. The number of hydrazine groups is 1. The lowest BCUT2D eigenvalue weighted by atomic mass is 10.3. The van der Waals surface area contributed by atoms with Crippen LogP contribution in [-0.2, 0) is 6.54 Å². The van der Waals surface area contributed by atoms with E-state index in [4.69, 9.17) is 10.6 Å². The molecule has 0 fully saturated rings. The van der Waals surface area contributed by atoms with Crippen LogP contribution in [0.1, 0.15) is 10.5 Å². The Morgan fingerprint density at radius 1 is 1.50 bits per heavy atom. The highest BCUT2D eigenvalue weighted by molar-refractivity contribution is 7.98. The molecule has 20 heavy (non-hydrogen) atoms. The number of hydrogen-bond acceptors (Lipinski definition) is 6. The number of nitrogens with zero attached hydrogens (tertiary/aromatic N) is 3. The van der Waals surface area contributed by atoms with Crippen LogP contribution in [0.4, 0.5) is 0 Å². The van der Waals surface area contributed by atoms with Gasteiger partial charge in [0.25, 0.3) is 5.91 Å². The molecule has 0 unspecified atom stereocenters. The van der Waals surface area contributed by atoms with E-state index in [9.17, 15) is 4.79 Å². The predicted molar refractivity (Wildman–Crippen MR) is 75.4 cm³/mol. The van der Waals surface area contributed by atoms with Crippen molar-refractivity contribution >= 4 is 17.7 Å². The SMILES string of the molecule is CSc1ccccc1OCCn1cc(C(=O)NN)nn1. The minimum absolute atomic E-state index is 0.178. The summed E-state index contributed by atoms with van der Waals surface area (Å²) in [7, 11) is 0. The maximum atomic E-state index is 11.2. The maximum Gasteiger partial charge on any atom is 0.287 e. The molecule has 2 rings (SSSR count). The summed E-state index contributed by atoms with van der Waals surface area (Å²) in [4.78, 5) is 12.3. The van der Waals surface area contributed by atoms with Crippen molar-refractivity contribution in [3.63, 3.8) is 0 Å². The fourth-order valence-electron chi connectivity index (χ4n) is 1.57. The highest BCUT2D eigenvalue weighted by Crippen LogP contribution is 2.26. The first-order chi connectivity index (χ1) is 9.74. The van der Waals surface area contributed by atoms with Gasteiger partial charge in [-0.05, 0) is 18.4 Å². The Hall–Kier alpha value is -2.06. The molecule has 1 heterocycles. The summed E-state index contributed by atoms with van der Waals surface area (Å²) in [5.74, 6) is 5.38. The third-order valence-electron chi connectivity index (χ3n) is 2.55. The molecule has 2 aromatic rings. The van der Waals surface area contributed by atoms with Crippen LogP contribution < -0.4 is 16.0 Å². The molecule has 7 nitrogen and oxygen atoms in total. The van der Waals surface area contributed by atoms with Crippen molar-refractivity contribution in [1.29, 1.82) is 0 Å². The van der Waals surface area contributed by atoms with E-state index in [0.29, 0.717) is 13.2 Å². The van der Waals surface area contributed by atoms with Gasteiger partial charge in [0.05, 0.1) is 12.7 Å². The summed E-state index contributed by atoms with van der Waals surface area (Å²) in [6, 6.07) is 7.81. The average molecular weight is 293 g/mol. The van der Waals surface area contributed by atoms with Gasteiger partial charge in [-0.15, -0.1) is 16.9 Å². The van der Waals surface area contributed by atoms with Crippen molar-refractivity contribution in [3.8, 4) is 5.75 Å². The molecule has 0 aliphatic rings. The second-order valence-electron chi connectivity index (χ2n) is 3.84. The fraction of sp³-hybridized carbons (Fsp3) is 0.250. The van der Waals surface area contributed by atoms with Crippen molar-refractivity contribution in [2.75, 3.05) is 12.9 Å². The zero-order valence-electron chi connectivity index (χ0n) is 10.9. The number of carbonyl (C=O) groups excluding carboxylic acids is 1. The molecule has 1 amide bonds. The van der Waals surface area contributed by atoms with Crippen LogP contribution in [0.2, 0.25) is 0 Å². The molecule has 0 spiro atoms. The quantitative estimate of drug-likeness (QED) is 0.352. The number of rotatable bonds is 6. The van der Waals surface area contributed by atoms with Crippen LogP contribution in [0.3, 0.4) is 0 Å². The Morgan fingerprint density at radius 3 is 3.05 bits per heavy atom.